The SMILES string of the molecule is CS(=O)(=O)N(CC(=O)NCc1cccc(CN2CCCC2=O)c1)c1ccc(Cl)c(C(F)(F)F)c1. The normalized spacial score (nSPS) is 14.4. The number of sulfonamides is 1. The molecule has 3 rings (SSSR count). The highest BCUT2D eigenvalue weighted by Crippen LogP contribution is 2.37. The maximum absolute atomic E-state index is 13.2. The van der Waals surface area contributed by atoms with Gasteiger partial charge >= 0.3 is 6.18 Å². The van der Waals surface area contributed by atoms with Crippen molar-refractivity contribution in [1.82, 2.24) is 10.2 Å². The first-order valence-corrected chi connectivity index (χ1v) is 12.5. The molecule has 1 heterocycles. The van der Waals surface area contributed by atoms with Crippen LogP contribution < -0.4 is 9.62 Å². The Labute approximate surface area is 200 Å². The number of benzene rings is 2. The van der Waals surface area contributed by atoms with E-state index in [0.717, 1.165) is 35.9 Å². The van der Waals surface area contributed by atoms with Crippen LogP contribution in [-0.4, -0.2) is 44.5 Å². The Morgan fingerprint density at radius 1 is 1.18 bits per heavy atom. The van der Waals surface area contributed by atoms with Gasteiger partial charge in [0, 0.05) is 26.1 Å². The zero-order chi connectivity index (χ0) is 25.1. The van der Waals surface area contributed by atoms with E-state index in [-0.39, 0.29) is 18.1 Å². The Balaban J connectivity index is 1.69. The van der Waals surface area contributed by atoms with Gasteiger partial charge in [0.15, 0.2) is 0 Å². The van der Waals surface area contributed by atoms with Crippen LogP contribution in [0.5, 0.6) is 0 Å². The highest BCUT2D eigenvalue weighted by Gasteiger charge is 2.34. The Morgan fingerprint density at radius 2 is 1.88 bits per heavy atom. The standard InChI is InChI=1S/C22H23ClF3N3O4S/c1-34(32,33)29(17-7-8-19(23)18(11-17)22(24,25)26)14-20(30)27-12-15-4-2-5-16(10-15)13-28-9-3-6-21(28)31/h2,4-5,7-8,10-11H,3,6,9,12-14H2,1H3,(H,27,30). The number of carbonyl (C=O) groups is 2. The van der Waals surface area contributed by atoms with Crippen molar-refractivity contribution in [3.05, 3.63) is 64.2 Å². The van der Waals surface area contributed by atoms with Crippen molar-refractivity contribution in [2.75, 3.05) is 23.7 Å². The van der Waals surface area contributed by atoms with E-state index in [2.05, 4.69) is 5.32 Å². The largest absolute Gasteiger partial charge is 0.417 e. The Bertz CT molecular complexity index is 1190. The number of likely N-dealkylation sites (tertiary alicyclic amines) is 1. The monoisotopic (exact) mass is 517 g/mol. The van der Waals surface area contributed by atoms with Crippen LogP contribution in [0.4, 0.5) is 18.9 Å². The third-order valence-corrected chi connectivity index (χ3v) is 6.73. The summed E-state index contributed by atoms with van der Waals surface area (Å²) in [5.74, 6) is -0.607. The molecule has 2 aromatic carbocycles. The molecule has 0 bridgehead atoms. The van der Waals surface area contributed by atoms with Gasteiger partial charge in [-0.05, 0) is 35.7 Å². The van der Waals surface area contributed by atoms with Gasteiger partial charge in [-0.15, -0.1) is 0 Å². The Kier molecular flexibility index (Phi) is 7.77. The molecule has 0 aliphatic carbocycles. The van der Waals surface area contributed by atoms with E-state index in [1.807, 2.05) is 12.1 Å². The minimum atomic E-state index is -4.79. The van der Waals surface area contributed by atoms with Crippen LogP contribution >= 0.6 is 11.6 Å². The number of nitrogens with one attached hydrogen (secondary N) is 1. The average Bonchev–Trinajstić information content (AvgIpc) is 3.14. The third-order valence-electron chi connectivity index (χ3n) is 5.26. The minimum Gasteiger partial charge on any atom is -0.350 e. The van der Waals surface area contributed by atoms with E-state index >= 15 is 0 Å². The predicted molar refractivity (Wildman–Crippen MR) is 122 cm³/mol. The number of hydrogen-bond donors (Lipinski definition) is 1. The van der Waals surface area contributed by atoms with Crippen molar-refractivity contribution < 1.29 is 31.2 Å². The lowest BCUT2D eigenvalue weighted by Crippen LogP contribution is -2.40. The van der Waals surface area contributed by atoms with Crippen molar-refractivity contribution in [2.45, 2.75) is 32.1 Å². The summed E-state index contributed by atoms with van der Waals surface area (Å²) in [6.07, 6.45) is -2.64. The molecular formula is C22H23ClF3N3O4S. The van der Waals surface area contributed by atoms with E-state index in [1.165, 1.54) is 0 Å². The molecule has 0 aromatic heterocycles. The summed E-state index contributed by atoms with van der Waals surface area (Å²) in [6.45, 7) is 0.523. The van der Waals surface area contributed by atoms with Crippen molar-refractivity contribution in [1.29, 1.82) is 0 Å². The lowest BCUT2D eigenvalue weighted by molar-refractivity contribution is -0.137. The van der Waals surface area contributed by atoms with Gasteiger partial charge in [0.05, 0.1) is 22.5 Å². The molecule has 0 unspecified atom stereocenters. The number of anilines is 1. The van der Waals surface area contributed by atoms with Crippen LogP contribution in [0, 0.1) is 0 Å². The first kappa shape index (κ1) is 25.8. The van der Waals surface area contributed by atoms with Gasteiger partial charge in [0.2, 0.25) is 21.8 Å². The van der Waals surface area contributed by atoms with E-state index < -0.39 is 39.2 Å². The molecule has 1 aliphatic heterocycles. The zero-order valence-corrected chi connectivity index (χ0v) is 19.8. The molecule has 1 fully saturated rings. The van der Waals surface area contributed by atoms with E-state index in [0.29, 0.717) is 29.9 Å². The lowest BCUT2D eigenvalue weighted by atomic mass is 10.1. The fourth-order valence-electron chi connectivity index (χ4n) is 3.60. The molecular weight excluding hydrogens is 495 g/mol. The molecule has 184 valence electrons. The fraction of sp³-hybridized carbons (Fsp3) is 0.364. The van der Waals surface area contributed by atoms with Crippen LogP contribution in [0.1, 0.15) is 29.5 Å². The van der Waals surface area contributed by atoms with Crippen LogP contribution in [-0.2, 0) is 38.9 Å². The zero-order valence-electron chi connectivity index (χ0n) is 18.2. The second kappa shape index (κ2) is 10.2. The van der Waals surface area contributed by atoms with Crippen LogP contribution in [0.2, 0.25) is 5.02 Å². The van der Waals surface area contributed by atoms with Gasteiger partial charge in [0.25, 0.3) is 0 Å². The van der Waals surface area contributed by atoms with Gasteiger partial charge in [-0.3, -0.25) is 13.9 Å². The molecule has 1 saturated heterocycles. The number of carbonyl (C=O) groups excluding carboxylic acids is 2. The molecule has 2 aromatic rings. The van der Waals surface area contributed by atoms with Gasteiger partial charge in [0.1, 0.15) is 6.54 Å². The van der Waals surface area contributed by atoms with Crippen LogP contribution in [0.3, 0.4) is 0 Å². The molecule has 7 nitrogen and oxygen atoms in total. The maximum atomic E-state index is 13.2. The number of hydrogen-bond acceptors (Lipinski definition) is 4. The number of alkyl halides is 3. The molecule has 0 radical (unpaired) electrons. The summed E-state index contributed by atoms with van der Waals surface area (Å²) in [6, 6.07) is 9.88. The summed E-state index contributed by atoms with van der Waals surface area (Å²) >= 11 is 5.61. The lowest BCUT2D eigenvalue weighted by Gasteiger charge is -2.23. The highest BCUT2D eigenvalue weighted by molar-refractivity contribution is 7.92. The van der Waals surface area contributed by atoms with Crippen molar-refractivity contribution in [2.24, 2.45) is 0 Å². The molecule has 1 aliphatic rings. The topological polar surface area (TPSA) is 86.8 Å². The molecule has 0 saturated carbocycles. The van der Waals surface area contributed by atoms with Crippen LogP contribution in [0.25, 0.3) is 0 Å². The average molecular weight is 518 g/mol. The smallest absolute Gasteiger partial charge is 0.350 e. The van der Waals surface area contributed by atoms with Gasteiger partial charge in [-0.25, -0.2) is 8.42 Å². The molecule has 12 heteroatoms. The van der Waals surface area contributed by atoms with Crippen molar-refractivity contribution >= 4 is 39.1 Å². The molecule has 1 N–H and O–H groups in total. The highest BCUT2D eigenvalue weighted by atomic mass is 35.5. The van der Waals surface area contributed by atoms with E-state index in [9.17, 15) is 31.2 Å². The molecule has 34 heavy (non-hydrogen) atoms. The number of nitrogens with zero attached hydrogens (tertiary/aromatic N) is 2. The molecule has 2 amide bonds. The summed E-state index contributed by atoms with van der Waals surface area (Å²) in [7, 11) is -4.07. The third kappa shape index (κ3) is 6.63. The second-order valence-corrected chi connectivity index (χ2v) is 10.3. The predicted octanol–water partition coefficient (Wildman–Crippen LogP) is 3.56. The maximum Gasteiger partial charge on any atom is 0.417 e. The summed E-state index contributed by atoms with van der Waals surface area (Å²) in [5, 5.41) is 2.00. The summed E-state index contributed by atoms with van der Waals surface area (Å²) < 4.78 is 64.6. The minimum absolute atomic E-state index is 0.0760. The Morgan fingerprint density at radius 3 is 2.50 bits per heavy atom. The summed E-state index contributed by atoms with van der Waals surface area (Å²) in [4.78, 5) is 26.1. The van der Waals surface area contributed by atoms with Gasteiger partial charge < -0.3 is 10.2 Å². The number of halogens is 4. The quantitative estimate of drug-likeness (QED) is 0.580. The van der Waals surface area contributed by atoms with Crippen molar-refractivity contribution in [3.63, 3.8) is 0 Å². The van der Waals surface area contributed by atoms with Gasteiger partial charge in [-0.2, -0.15) is 13.2 Å². The first-order chi connectivity index (χ1) is 15.8. The second-order valence-electron chi connectivity index (χ2n) is 7.95. The fourth-order valence-corrected chi connectivity index (χ4v) is 4.68. The van der Waals surface area contributed by atoms with E-state index in [4.69, 9.17) is 11.6 Å². The number of rotatable bonds is 8. The van der Waals surface area contributed by atoms with Crippen molar-refractivity contribution in [3.8, 4) is 0 Å². The molecule has 0 spiro atoms. The number of amides is 2. The van der Waals surface area contributed by atoms with Crippen LogP contribution in [0.15, 0.2) is 42.5 Å². The molecule has 0 atom stereocenters. The first-order valence-electron chi connectivity index (χ1n) is 10.3. The Hall–Kier alpha value is -2.79. The summed E-state index contributed by atoms with van der Waals surface area (Å²) in [5.41, 5.74) is 0.0931. The van der Waals surface area contributed by atoms with E-state index in [1.54, 1.807) is 17.0 Å². The van der Waals surface area contributed by atoms with Gasteiger partial charge in [-0.1, -0.05) is 35.9 Å².